The van der Waals surface area contributed by atoms with E-state index in [1.165, 1.54) is 12.1 Å². The van der Waals surface area contributed by atoms with Gasteiger partial charge in [0, 0.05) is 26.1 Å². The van der Waals surface area contributed by atoms with Crippen molar-refractivity contribution in [3.05, 3.63) is 29.3 Å². The monoisotopic (exact) mass is 360 g/mol. The second-order valence-electron chi connectivity index (χ2n) is 6.00. The molecule has 6 nitrogen and oxygen atoms in total. The molecule has 128 valence electrons. The molecular formula is C15H21ClN2O4S. The molecule has 23 heavy (non-hydrogen) atoms. The number of nitrogens with one attached hydrogen (secondary N) is 1. The van der Waals surface area contributed by atoms with Crippen LogP contribution in [0.25, 0.3) is 0 Å². The van der Waals surface area contributed by atoms with Crippen LogP contribution in [-0.2, 0) is 19.6 Å². The Morgan fingerprint density at radius 1 is 1.39 bits per heavy atom. The smallest absolute Gasteiger partial charge is 0.242 e. The van der Waals surface area contributed by atoms with Crippen LogP contribution in [0.4, 0.5) is 0 Å². The van der Waals surface area contributed by atoms with Crippen molar-refractivity contribution in [2.24, 2.45) is 0 Å². The lowest BCUT2D eigenvalue weighted by Gasteiger charge is -2.38. The molecule has 0 bridgehead atoms. The van der Waals surface area contributed by atoms with Crippen molar-refractivity contribution >= 4 is 27.5 Å². The number of hydrogen-bond acceptors (Lipinski definition) is 4. The van der Waals surface area contributed by atoms with Crippen LogP contribution in [0.5, 0.6) is 0 Å². The Morgan fingerprint density at radius 2 is 2.09 bits per heavy atom. The van der Waals surface area contributed by atoms with Crippen molar-refractivity contribution < 1.29 is 17.9 Å². The summed E-state index contributed by atoms with van der Waals surface area (Å²) in [5.74, 6) is -0.0942. The molecule has 0 spiro atoms. The summed E-state index contributed by atoms with van der Waals surface area (Å²) >= 11 is 5.90. The minimum atomic E-state index is -3.72. The van der Waals surface area contributed by atoms with Crippen LogP contribution in [0.15, 0.2) is 29.2 Å². The number of carbonyl (C=O) groups excluding carboxylic acids is 1. The number of carbonyl (C=O) groups is 1. The molecular weight excluding hydrogens is 340 g/mol. The summed E-state index contributed by atoms with van der Waals surface area (Å²) in [6.45, 7) is 5.40. The third kappa shape index (κ3) is 4.91. The predicted molar refractivity (Wildman–Crippen MR) is 87.9 cm³/mol. The summed E-state index contributed by atoms with van der Waals surface area (Å²) in [5, 5.41) is 0.154. The highest BCUT2D eigenvalue weighted by molar-refractivity contribution is 7.89. The van der Waals surface area contributed by atoms with Crippen LogP contribution >= 0.6 is 11.6 Å². The number of morpholine rings is 1. The van der Waals surface area contributed by atoms with Crippen molar-refractivity contribution in [1.29, 1.82) is 0 Å². The molecule has 1 aliphatic heterocycles. The Kier molecular flexibility index (Phi) is 5.67. The van der Waals surface area contributed by atoms with E-state index in [4.69, 9.17) is 16.3 Å². The first-order valence-corrected chi connectivity index (χ1v) is 9.23. The Labute approximate surface area is 141 Å². The van der Waals surface area contributed by atoms with Crippen LogP contribution in [0.1, 0.15) is 20.3 Å². The third-order valence-electron chi connectivity index (χ3n) is 3.54. The first-order valence-electron chi connectivity index (χ1n) is 7.37. The molecule has 1 heterocycles. The molecule has 1 fully saturated rings. The normalized spacial score (nSPS) is 18.0. The standard InChI is InChI=1S/C15H21ClN2O4S/c1-15(2)11-18(9-10-22-15)14(19)7-8-17-23(20,21)13-6-4-3-5-12(13)16/h3-6,17H,7-11H2,1-2H3. The van der Waals surface area contributed by atoms with Gasteiger partial charge in [-0.3, -0.25) is 4.79 Å². The van der Waals surface area contributed by atoms with Crippen LogP contribution in [0, 0.1) is 0 Å². The van der Waals surface area contributed by atoms with Crippen LogP contribution in [-0.4, -0.2) is 51.1 Å². The maximum Gasteiger partial charge on any atom is 0.242 e. The highest BCUT2D eigenvalue weighted by Gasteiger charge is 2.29. The lowest BCUT2D eigenvalue weighted by Crippen LogP contribution is -2.51. The maximum atomic E-state index is 12.2. The molecule has 1 N–H and O–H groups in total. The second kappa shape index (κ2) is 7.17. The van der Waals surface area contributed by atoms with Gasteiger partial charge in [0.25, 0.3) is 0 Å². The first kappa shape index (κ1) is 18.2. The highest BCUT2D eigenvalue weighted by Crippen LogP contribution is 2.20. The molecule has 0 saturated carbocycles. The van der Waals surface area contributed by atoms with Gasteiger partial charge in [-0.25, -0.2) is 13.1 Å². The molecule has 1 saturated heterocycles. The predicted octanol–water partition coefficient (Wildman–Crippen LogP) is 1.65. The number of benzene rings is 1. The number of rotatable bonds is 5. The zero-order chi connectivity index (χ0) is 17.1. The SMILES string of the molecule is CC1(C)CN(C(=O)CCNS(=O)(=O)c2ccccc2Cl)CCO1. The van der Waals surface area contributed by atoms with Gasteiger partial charge in [-0.1, -0.05) is 23.7 Å². The van der Waals surface area contributed by atoms with Crippen molar-refractivity contribution in [2.45, 2.75) is 30.8 Å². The average molecular weight is 361 g/mol. The molecule has 0 unspecified atom stereocenters. The largest absolute Gasteiger partial charge is 0.372 e. The van der Waals surface area contributed by atoms with E-state index in [9.17, 15) is 13.2 Å². The van der Waals surface area contributed by atoms with Gasteiger partial charge >= 0.3 is 0 Å². The zero-order valence-electron chi connectivity index (χ0n) is 13.2. The molecule has 1 amide bonds. The summed E-state index contributed by atoms with van der Waals surface area (Å²) < 4.78 is 32.3. The fourth-order valence-corrected chi connectivity index (χ4v) is 3.97. The summed E-state index contributed by atoms with van der Waals surface area (Å²) in [7, 11) is -3.72. The molecule has 1 aliphatic rings. The summed E-state index contributed by atoms with van der Waals surface area (Å²) in [6, 6.07) is 6.19. The van der Waals surface area contributed by atoms with Crippen molar-refractivity contribution in [2.75, 3.05) is 26.2 Å². The summed E-state index contributed by atoms with van der Waals surface area (Å²) in [4.78, 5) is 13.9. The van der Waals surface area contributed by atoms with Gasteiger partial charge in [-0.2, -0.15) is 0 Å². The minimum Gasteiger partial charge on any atom is -0.372 e. The Morgan fingerprint density at radius 3 is 2.74 bits per heavy atom. The van der Waals surface area contributed by atoms with Crippen LogP contribution < -0.4 is 4.72 Å². The second-order valence-corrected chi connectivity index (χ2v) is 8.14. The van der Waals surface area contributed by atoms with Gasteiger partial charge in [0.1, 0.15) is 4.90 Å². The van der Waals surface area contributed by atoms with Crippen molar-refractivity contribution in [1.82, 2.24) is 9.62 Å². The number of amides is 1. The van der Waals surface area contributed by atoms with Gasteiger partial charge in [0.15, 0.2) is 0 Å². The zero-order valence-corrected chi connectivity index (χ0v) is 14.8. The van der Waals surface area contributed by atoms with E-state index in [1.54, 1.807) is 17.0 Å². The number of sulfonamides is 1. The minimum absolute atomic E-state index is 0.0154. The molecule has 1 aromatic carbocycles. The van der Waals surface area contributed by atoms with E-state index in [1.807, 2.05) is 13.8 Å². The number of ether oxygens (including phenoxy) is 1. The molecule has 0 atom stereocenters. The van der Waals surface area contributed by atoms with Gasteiger partial charge in [0.2, 0.25) is 15.9 Å². The van der Waals surface area contributed by atoms with Crippen molar-refractivity contribution in [3.8, 4) is 0 Å². The fourth-order valence-electron chi connectivity index (χ4n) is 2.42. The van der Waals surface area contributed by atoms with E-state index in [0.29, 0.717) is 19.7 Å². The highest BCUT2D eigenvalue weighted by atomic mass is 35.5. The van der Waals surface area contributed by atoms with E-state index in [2.05, 4.69) is 4.72 Å². The van der Waals surface area contributed by atoms with Crippen molar-refractivity contribution in [3.63, 3.8) is 0 Å². The molecule has 1 aromatic rings. The van der Waals surface area contributed by atoms with E-state index in [0.717, 1.165) is 0 Å². The van der Waals surface area contributed by atoms with Crippen LogP contribution in [0.3, 0.4) is 0 Å². The summed E-state index contributed by atoms with van der Waals surface area (Å²) in [6.07, 6.45) is 0.0970. The molecule has 0 radical (unpaired) electrons. The van der Waals surface area contributed by atoms with Gasteiger partial charge in [-0.05, 0) is 26.0 Å². The maximum absolute atomic E-state index is 12.2. The first-order chi connectivity index (χ1) is 10.7. The Balaban J connectivity index is 1.89. The van der Waals surface area contributed by atoms with Gasteiger partial charge < -0.3 is 9.64 Å². The topological polar surface area (TPSA) is 75.7 Å². The molecule has 2 rings (SSSR count). The molecule has 0 aromatic heterocycles. The lowest BCUT2D eigenvalue weighted by molar-refractivity contribution is -0.145. The molecule has 0 aliphatic carbocycles. The molecule has 8 heteroatoms. The van der Waals surface area contributed by atoms with E-state index < -0.39 is 10.0 Å². The quantitative estimate of drug-likeness (QED) is 0.866. The average Bonchev–Trinajstić information content (AvgIpc) is 2.46. The Hall–Kier alpha value is -1.15. The third-order valence-corrected chi connectivity index (χ3v) is 5.50. The lowest BCUT2D eigenvalue weighted by atomic mass is 10.1. The summed E-state index contributed by atoms with van der Waals surface area (Å²) in [5.41, 5.74) is -0.370. The van der Waals surface area contributed by atoms with Gasteiger partial charge in [0.05, 0.1) is 17.2 Å². The number of hydrogen-bond donors (Lipinski definition) is 1. The number of nitrogens with zero attached hydrogens (tertiary/aromatic N) is 1. The van der Waals surface area contributed by atoms with E-state index in [-0.39, 0.29) is 34.4 Å². The fraction of sp³-hybridized carbons (Fsp3) is 0.533. The van der Waals surface area contributed by atoms with Crippen LogP contribution in [0.2, 0.25) is 5.02 Å². The Bertz CT molecular complexity index is 676. The van der Waals surface area contributed by atoms with Gasteiger partial charge in [-0.15, -0.1) is 0 Å². The van der Waals surface area contributed by atoms with E-state index >= 15 is 0 Å². The number of halogens is 1.